The number of Topliss-reactive ketones (excluding diaryl/α,β-unsaturated/α-hetero) is 1. The number of hydrogen-bond acceptors (Lipinski definition) is 2. The van der Waals surface area contributed by atoms with Crippen LogP contribution >= 0.6 is 0 Å². The van der Waals surface area contributed by atoms with Crippen LogP contribution in [-0.4, -0.2) is 20.2 Å². The lowest BCUT2D eigenvalue weighted by molar-refractivity contribution is -0.119. The molecule has 1 atom stereocenters. The minimum atomic E-state index is -1.85. The number of rotatable bonds is 7. The minimum absolute atomic E-state index is 0.167. The molecule has 0 bridgehead atoms. The van der Waals surface area contributed by atoms with Crippen molar-refractivity contribution in [2.75, 3.05) is 0 Å². The van der Waals surface area contributed by atoms with Crippen LogP contribution < -0.4 is 0 Å². The molecule has 0 saturated carbocycles. The number of hydrogen-bond donors (Lipinski definition) is 0. The molecule has 0 unspecified atom stereocenters. The Hall–Kier alpha value is -0.153. The van der Waals surface area contributed by atoms with Crippen molar-refractivity contribution in [1.29, 1.82) is 0 Å². The van der Waals surface area contributed by atoms with E-state index in [9.17, 15) is 4.79 Å². The minimum Gasteiger partial charge on any atom is -0.414 e. The van der Waals surface area contributed by atoms with Crippen molar-refractivity contribution >= 4 is 14.1 Å². The van der Waals surface area contributed by atoms with Gasteiger partial charge in [0, 0.05) is 18.1 Å². The van der Waals surface area contributed by atoms with E-state index in [1.807, 2.05) is 13.8 Å². The van der Waals surface area contributed by atoms with Gasteiger partial charge in [0.1, 0.15) is 5.78 Å². The van der Waals surface area contributed by atoms with Crippen LogP contribution in [0.25, 0.3) is 0 Å². The van der Waals surface area contributed by atoms with Gasteiger partial charge < -0.3 is 4.43 Å². The fraction of sp³-hybridized carbons (Fsp3) is 0.917. The zero-order valence-corrected chi connectivity index (χ0v) is 12.1. The Bertz CT molecular complexity index is 200. The fourth-order valence-corrected chi connectivity index (χ4v) is 5.50. The van der Waals surface area contributed by atoms with Crippen molar-refractivity contribution in [2.45, 2.75) is 71.7 Å². The quantitative estimate of drug-likeness (QED) is 0.622. The normalized spacial score (nSPS) is 14.3. The predicted octanol–water partition coefficient (Wildman–Crippen LogP) is 3.77. The molecule has 0 radical (unpaired) electrons. The summed E-state index contributed by atoms with van der Waals surface area (Å²) < 4.78 is 5.98. The van der Waals surface area contributed by atoms with Gasteiger partial charge in [-0.2, -0.15) is 0 Å². The molecular formula is C12H26O2Si. The molecule has 0 aromatic carbocycles. The third kappa shape index (κ3) is 4.93. The number of carbonyl (C=O) groups excluding carboxylic acids is 1. The van der Waals surface area contributed by atoms with Crippen molar-refractivity contribution in [2.24, 2.45) is 0 Å². The molecule has 90 valence electrons. The van der Waals surface area contributed by atoms with Crippen molar-refractivity contribution in [3.05, 3.63) is 0 Å². The molecule has 3 heteroatoms. The molecule has 0 heterocycles. The predicted molar refractivity (Wildman–Crippen MR) is 67.7 cm³/mol. The average Bonchev–Trinajstić information content (AvgIpc) is 2.01. The van der Waals surface area contributed by atoms with Gasteiger partial charge in [-0.1, -0.05) is 13.8 Å². The fourth-order valence-electron chi connectivity index (χ4n) is 2.22. The highest BCUT2D eigenvalue weighted by molar-refractivity contribution is 6.76. The van der Waals surface area contributed by atoms with Crippen LogP contribution in [0.15, 0.2) is 0 Å². The second kappa shape index (κ2) is 6.43. The largest absolute Gasteiger partial charge is 0.414 e. The summed E-state index contributed by atoms with van der Waals surface area (Å²) in [4.78, 5) is 12.0. The highest BCUT2D eigenvalue weighted by atomic mass is 28.4. The molecule has 0 rings (SSSR count). The molecule has 0 aliphatic heterocycles. The Balaban J connectivity index is 4.56. The molecule has 15 heavy (non-hydrogen) atoms. The first-order valence-electron chi connectivity index (χ1n) is 6.05. The molecule has 0 spiro atoms. The smallest absolute Gasteiger partial charge is 0.197 e. The maximum Gasteiger partial charge on any atom is 0.197 e. The molecule has 0 aromatic heterocycles. The summed E-state index contributed by atoms with van der Waals surface area (Å²) >= 11 is 0. The van der Waals surface area contributed by atoms with Gasteiger partial charge in [-0.15, -0.1) is 0 Å². The Morgan fingerprint density at radius 2 is 1.80 bits per heavy atom. The summed E-state index contributed by atoms with van der Waals surface area (Å²) in [7, 11) is -1.85. The van der Waals surface area contributed by atoms with Gasteiger partial charge in [0.25, 0.3) is 0 Å². The lowest BCUT2D eigenvalue weighted by atomic mass is 10.1. The third-order valence-corrected chi connectivity index (χ3v) is 6.16. The molecule has 0 amide bonds. The van der Waals surface area contributed by atoms with E-state index >= 15 is 0 Å². The molecule has 0 aliphatic rings. The van der Waals surface area contributed by atoms with E-state index in [0.29, 0.717) is 12.2 Å². The van der Waals surface area contributed by atoms with Gasteiger partial charge in [0.2, 0.25) is 0 Å². The van der Waals surface area contributed by atoms with Crippen molar-refractivity contribution in [3.63, 3.8) is 0 Å². The van der Waals surface area contributed by atoms with E-state index in [1.54, 1.807) is 0 Å². The van der Waals surface area contributed by atoms with Gasteiger partial charge >= 0.3 is 0 Å². The van der Waals surface area contributed by atoms with Crippen molar-refractivity contribution < 1.29 is 9.22 Å². The van der Waals surface area contributed by atoms with Crippen molar-refractivity contribution in [1.82, 2.24) is 0 Å². The van der Waals surface area contributed by atoms with Crippen LogP contribution in [-0.2, 0) is 9.22 Å². The summed E-state index contributed by atoms with van der Waals surface area (Å²) in [5, 5.41) is 0. The van der Waals surface area contributed by atoms with Crippen LogP contribution in [0.1, 0.15) is 47.0 Å². The van der Waals surface area contributed by atoms with Crippen LogP contribution in [0.5, 0.6) is 0 Å². The first-order valence-corrected chi connectivity index (χ1v) is 9.04. The monoisotopic (exact) mass is 230 g/mol. The molecule has 2 nitrogen and oxygen atoms in total. The second-order valence-corrected chi connectivity index (χ2v) is 9.09. The van der Waals surface area contributed by atoms with Gasteiger partial charge in [0.05, 0.1) is 0 Å². The molecule has 0 aliphatic carbocycles. The van der Waals surface area contributed by atoms with Crippen LogP contribution in [0.3, 0.4) is 0 Å². The molecule has 0 fully saturated rings. The molecule has 0 N–H and O–H groups in total. The van der Waals surface area contributed by atoms with Gasteiger partial charge in [-0.05, 0) is 39.8 Å². The van der Waals surface area contributed by atoms with E-state index in [1.165, 1.54) is 0 Å². The summed E-state index contributed by atoms with van der Waals surface area (Å²) in [5.41, 5.74) is 0.167. The standard InChI is InChI=1S/C12H26O2Si/c1-7-9-11(13)12(8-2)15(5,6)14-10(3)4/h10,12H,7-9H2,1-6H3/t12-/m1/s1. The zero-order valence-electron chi connectivity index (χ0n) is 11.1. The topological polar surface area (TPSA) is 26.3 Å². The van der Waals surface area contributed by atoms with E-state index < -0.39 is 8.32 Å². The van der Waals surface area contributed by atoms with Gasteiger partial charge in [0.15, 0.2) is 8.32 Å². The Labute approximate surface area is 95.5 Å². The first-order chi connectivity index (χ1) is 6.85. The van der Waals surface area contributed by atoms with E-state index in [4.69, 9.17) is 4.43 Å². The summed E-state index contributed by atoms with van der Waals surface area (Å²) in [6, 6.07) is 0. The maximum absolute atomic E-state index is 12.0. The Kier molecular flexibility index (Phi) is 6.37. The van der Waals surface area contributed by atoms with Crippen molar-refractivity contribution in [3.8, 4) is 0 Å². The van der Waals surface area contributed by atoms with E-state index in [-0.39, 0.29) is 11.6 Å². The highest BCUT2D eigenvalue weighted by Gasteiger charge is 2.37. The zero-order chi connectivity index (χ0) is 12.1. The summed E-state index contributed by atoms with van der Waals surface area (Å²) in [6.07, 6.45) is 2.80. The lowest BCUT2D eigenvalue weighted by Gasteiger charge is -2.32. The van der Waals surface area contributed by atoms with Crippen LogP contribution in [0.4, 0.5) is 0 Å². The Morgan fingerprint density at radius 3 is 2.13 bits per heavy atom. The molecular weight excluding hydrogens is 204 g/mol. The molecule has 0 aromatic rings. The van der Waals surface area contributed by atoms with Crippen LogP contribution in [0, 0.1) is 0 Å². The summed E-state index contributed by atoms with van der Waals surface area (Å²) in [5.74, 6) is 0.400. The van der Waals surface area contributed by atoms with E-state index in [0.717, 1.165) is 12.8 Å². The van der Waals surface area contributed by atoms with Gasteiger partial charge in [-0.25, -0.2) is 0 Å². The number of carbonyl (C=O) groups is 1. The second-order valence-electron chi connectivity index (χ2n) is 4.95. The third-order valence-electron chi connectivity index (χ3n) is 2.67. The highest BCUT2D eigenvalue weighted by Crippen LogP contribution is 2.29. The van der Waals surface area contributed by atoms with Crippen LogP contribution in [0.2, 0.25) is 18.6 Å². The van der Waals surface area contributed by atoms with Gasteiger partial charge in [-0.3, -0.25) is 4.79 Å². The SMILES string of the molecule is CCCC(=O)[C@@H](CC)[Si](C)(C)OC(C)C. The first kappa shape index (κ1) is 14.8. The average molecular weight is 230 g/mol. The Morgan fingerprint density at radius 1 is 1.27 bits per heavy atom. The summed E-state index contributed by atoms with van der Waals surface area (Å²) in [6.45, 7) is 12.6. The molecule has 0 saturated heterocycles. The number of ketones is 1. The maximum atomic E-state index is 12.0. The van der Waals surface area contributed by atoms with E-state index in [2.05, 4.69) is 26.9 Å². The lowest BCUT2D eigenvalue weighted by Crippen LogP contribution is -2.42.